The van der Waals surface area contributed by atoms with E-state index in [0.29, 0.717) is 0 Å². The third-order valence-electron chi connectivity index (χ3n) is 3.17. The second-order valence-corrected chi connectivity index (χ2v) is 5.58. The standard InChI is InChI=1S/C12H15N3S/c1-9-4-5-11-13-14-12(15(11)8-9)7-10-3-2-6-16-10/h2-3,6,9H,4-5,7-8H2,1H3. The summed E-state index contributed by atoms with van der Waals surface area (Å²) in [6.45, 7) is 3.39. The van der Waals surface area contributed by atoms with Gasteiger partial charge < -0.3 is 4.57 Å². The van der Waals surface area contributed by atoms with Gasteiger partial charge in [-0.15, -0.1) is 21.5 Å². The van der Waals surface area contributed by atoms with Crippen LogP contribution in [0.2, 0.25) is 0 Å². The quantitative estimate of drug-likeness (QED) is 0.798. The van der Waals surface area contributed by atoms with Crippen LogP contribution in [0.3, 0.4) is 0 Å². The van der Waals surface area contributed by atoms with E-state index in [9.17, 15) is 0 Å². The first-order valence-electron chi connectivity index (χ1n) is 5.76. The highest BCUT2D eigenvalue weighted by molar-refractivity contribution is 7.09. The molecule has 0 aromatic carbocycles. The molecule has 84 valence electrons. The lowest BCUT2D eigenvalue weighted by Gasteiger charge is -2.20. The molecule has 0 saturated carbocycles. The molecule has 1 atom stereocenters. The second kappa shape index (κ2) is 4.01. The summed E-state index contributed by atoms with van der Waals surface area (Å²) >= 11 is 1.79. The Morgan fingerprint density at radius 3 is 3.25 bits per heavy atom. The van der Waals surface area contributed by atoms with Crippen LogP contribution < -0.4 is 0 Å². The Bertz CT molecular complexity index is 472. The average Bonchev–Trinajstić information content (AvgIpc) is 2.90. The van der Waals surface area contributed by atoms with Crippen molar-refractivity contribution < 1.29 is 0 Å². The monoisotopic (exact) mass is 233 g/mol. The summed E-state index contributed by atoms with van der Waals surface area (Å²) < 4.78 is 2.31. The topological polar surface area (TPSA) is 30.7 Å². The molecular formula is C12H15N3S. The van der Waals surface area contributed by atoms with E-state index in [2.05, 4.69) is 39.2 Å². The zero-order valence-electron chi connectivity index (χ0n) is 9.39. The van der Waals surface area contributed by atoms with Crippen molar-refractivity contribution >= 4 is 11.3 Å². The van der Waals surface area contributed by atoms with Crippen LogP contribution in [0, 0.1) is 5.92 Å². The fourth-order valence-corrected chi connectivity index (χ4v) is 2.95. The molecule has 16 heavy (non-hydrogen) atoms. The minimum atomic E-state index is 0.755. The summed E-state index contributed by atoms with van der Waals surface area (Å²) in [5.74, 6) is 3.05. The summed E-state index contributed by atoms with van der Waals surface area (Å²) in [7, 11) is 0. The van der Waals surface area contributed by atoms with Crippen molar-refractivity contribution in [1.29, 1.82) is 0 Å². The molecule has 0 fully saturated rings. The summed E-state index contributed by atoms with van der Waals surface area (Å²) in [5, 5.41) is 10.7. The maximum Gasteiger partial charge on any atom is 0.138 e. The summed E-state index contributed by atoms with van der Waals surface area (Å²) in [6.07, 6.45) is 3.26. The number of fused-ring (bicyclic) bond motifs is 1. The molecule has 3 heterocycles. The molecule has 3 nitrogen and oxygen atoms in total. The number of hydrogen-bond acceptors (Lipinski definition) is 3. The molecule has 4 heteroatoms. The maximum absolute atomic E-state index is 4.33. The number of rotatable bonds is 2. The van der Waals surface area contributed by atoms with Gasteiger partial charge >= 0.3 is 0 Å². The SMILES string of the molecule is CC1CCc2nnc(Cc3cccs3)n2C1. The Labute approximate surface area is 99.1 Å². The van der Waals surface area contributed by atoms with Gasteiger partial charge in [-0.05, 0) is 23.8 Å². The Kier molecular flexibility index (Phi) is 2.52. The molecule has 1 unspecified atom stereocenters. The molecule has 0 saturated heterocycles. The first kappa shape index (κ1) is 10.0. The summed E-state index contributed by atoms with van der Waals surface area (Å²) in [6, 6.07) is 4.26. The van der Waals surface area contributed by atoms with E-state index in [-0.39, 0.29) is 0 Å². The van der Waals surface area contributed by atoms with Gasteiger partial charge in [0.15, 0.2) is 0 Å². The number of thiophene rings is 1. The number of aryl methyl sites for hydroxylation is 1. The molecule has 2 aromatic rings. The predicted octanol–water partition coefficient (Wildman–Crippen LogP) is 2.51. The normalized spacial score (nSPS) is 19.7. The number of hydrogen-bond donors (Lipinski definition) is 0. The molecule has 1 aliphatic heterocycles. The van der Waals surface area contributed by atoms with Gasteiger partial charge in [0, 0.05) is 24.3 Å². The van der Waals surface area contributed by atoms with Gasteiger partial charge in [-0.3, -0.25) is 0 Å². The molecule has 1 aliphatic rings. The first-order valence-corrected chi connectivity index (χ1v) is 6.64. The van der Waals surface area contributed by atoms with Crippen LogP contribution >= 0.6 is 11.3 Å². The van der Waals surface area contributed by atoms with Crippen molar-refractivity contribution in [3.63, 3.8) is 0 Å². The van der Waals surface area contributed by atoms with Gasteiger partial charge in [-0.25, -0.2) is 0 Å². The van der Waals surface area contributed by atoms with Gasteiger partial charge in [-0.2, -0.15) is 0 Å². The van der Waals surface area contributed by atoms with E-state index in [0.717, 1.165) is 31.1 Å². The van der Waals surface area contributed by atoms with Crippen LogP contribution in [0.5, 0.6) is 0 Å². The summed E-state index contributed by atoms with van der Waals surface area (Å²) in [5.41, 5.74) is 0. The van der Waals surface area contributed by atoms with E-state index in [1.807, 2.05) is 0 Å². The van der Waals surface area contributed by atoms with E-state index in [4.69, 9.17) is 0 Å². The van der Waals surface area contributed by atoms with Gasteiger partial charge in [0.05, 0.1) is 0 Å². The van der Waals surface area contributed by atoms with Gasteiger partial charge in [0.1, 0.15) is 11.6 Å². The maximum atomic E-state index is 4.33. The third kappa shape index (κ3) is 1.78. The average molecular weight is 233 g/mol. The van der Waals surface area contributed by atoms with Crippen LogP contribution in [0.15, 0.2) is 17.5 Å². The Hall–Kier alpha value is -1.16. The van der Waals surface area contributed by atoms with E-state index < -0.39 is 0 Å². The molecule has 0 spiro atoms. The molecule has 0 bridgehead atoms. The third-order valence-corrected chi connectivity index (χ3v) is 4.05. The minimum absolute atomic E-state index is 0.755. The second-order valence-electron chi connectivity index (χ2n) is 4.54. The zero-order chi connectivity index (χ0) is 11.0. The van der Waals surface area contributed by atoms with Gasteiger partial charge in [0.25, 0.3) is 0 Å². The molecular weight excluding hydrogens is 218 g/mol. The van der Waals surface area contributed by atoms with E-state index >= 15 is 0 Å². The largest absolute Gasteiger partial charge is 0.314 e. The van der Waals surface area contributed by atoms with Crippen LogP contribution in [0.1, 0.15) is 29.9 Å². The van der Waals surface area contributed by atoms with Crippen molar-refractivity contribution in [1.82, 2.24) is 14.8 Å². The fraction of sp³-hybridized carbons (Fsp3) is 0.500. The molecule has 0 aliphatic carbocycles. The first-order chi connectivity index (χ1) is 7.83. The minimum Gasteiger partial charge on any atom is -0.314 e. The molecule has 0 radical (unpaired) electrons. The highest BCUT2D eigenvalue weighted by Gasteiger charge is 2.20. The van der Waals surface area contributed by atoms with Crippen LogP contribution in [-0.2, 0) is 19.4 Å². The number of aromatic nitrogens is 3. The van der Waals surface area contributed by atoms with Crippen LogP contribution in [0.4, 0.5) is 0 Å². The molecule has 0 amide bonds. The van der Waals surface area contributed by atoms with Gasteiger partial charge in [-0.1, -0.05) is 13.0 Å². The highest BCUT2D eigenvalue weighted by Crippen LogP contribution is 2.21. The lowest BCUT2D eigenvalue weighted by atomic mass is 10.0. The fourth-order valence-electron chi connectivity index (χ4n) is 2.25. The zero-order valence-corrected chi connectivity index (χ0v) is 10.2. The van der Waals surface area contributed by atoms with Crippen LogP contribution in [0.25, 0.3) is 0 Å². The number of nitrogens with zero attached hydrogens (tertiary/aromatic N) is 3. The highest BCUT2D eigenvalue weighted by atomic mass is 32.1. The molecule has 2 aromatic heterocycles. The lowest BCUT2D eigenvalue weighted by Crippen LogP contribution is -2.19. The van der Waals surface area contributed by atoms with Crippen LogP contribution in [-0.4, -0.2) is 14.8 Å². The van der Waals surface area contributed by atoms with Crippen molar-refractivity contribution in [2.45, 2.75) is 32.7 Å². The van der Waals surface area contributed by atoms with E-state index in [1.54, 1.807) is 11.3 Å². The van der Waals surface area contributed by atoms with Crippen molar-refractivity contribution in [3.8, 4) is 0 Å². The lowest BCUT2D eigenvalue weighted by molar-refractivity contribution is 0.387. The van der Waals surface area contributed by atoms with Gasteiger partial charge in [0.2, 0.25) is 0 Å². The Morgan fingerprint density at radius 1 is 1.50 bits per heavy atom. The molecule has 3 rings (SSSR count). The predicted molar refractivity (Wildman–Crippen MR) is 64.6 cm³/mol. The van der Waals surface area contributed by atoms with E-state index in [1.165, 1.54) is 17.1 Å². The summed E-state index contributed by atoms with van der Waals surface area (Å²) in [4.78, 5) is 1.37. The van der Waals surface area contributed by atoms with Crippen molar-refractivity contribution in [2.24, 2.45) is 5.92 Å². The Balaban J connectivity index is 1.88. The van der Waals surface area contributed by atoms with Crippen molar-refractivity contribution in [3.05, 3.63) is 34.0 Å². The molecule has 0 N–H and O–H groups in total. The smallest absolute Gasteiger partial charge is 0.138 e. The van der Waals surface area contributed by atoms with Crippen molar-refractivity contribution in [2.75, 3.05) is 0 Å². The Morgan fingerprint density at radius 2 is 2.44 bits per heavy atom.